The number of amides is 1. The third-order valence-electron chi connectivity index (χ3n) is 2.63. The van der Waals surface area contributed by atoms with Crippen LogP contribution in [0.5, 0.6) is 5.75 Å². The molecule has 2 aromatic carbocycles. The predicted molar refractivity (Wildman–Crippen MR) is 86.4 cm³/mol. The fraction of sp³-hybridized carbons (Fsp3) is 0.0714. The molecule has 22 heavy (non-hydrogen) atoms. The van der Waals surface area contributed by atoms with E-state index in [-0.39, 0.29) is 29.0 Å². The zero-order chi connectivity index (χ0) is 16.1. The molecule has 8 heteroatoms. The highest BCUT2D eigenvalue weighted by Crippen LogP contribution is 2.28. The van der Waals surface area contributed by atoms with Crippen LogP contribution >= 0.6 is 27.5 Å². The normalized spacial score (nSPS) is 10.1. The van der Waals surface area contributed by atoms with E-state index in [0.717, 1.165) is 4.47 Å². The summed E-state index contributed by atoms with van der Waals surface area (Å²) in [6.45, 7) is -0.265. The molecule has 0 aliphatic heterocycles. The second-order valence-corrected chi connectivity index (χ2v) is 5.45. The van der Waals surface area contributed by atoms with E-state index in [1.165, 1.54) is 18.2 Å². The van der Waals surface area contributed by atoms with Gasteiger partial charge in [-0.25, -0.2) is 0 Å². The molecule has 0 atom stereocenters. The Morgan fingerprint density at radius 1 is 1.32 bits per heavy atom. The molecule has 2 aromatic rings. The van der Waals surface area contributed by atoms with Crippen molar-refractivity contribution >= 4 is 44.8 Å². The van der Waals surface area contributed by atoms with Crippen molar-refractivity contribution in [3.8, 4) is 5.75 Å². The van der Waals surface area contributed by atoms with Gasteiger partial charge in [0.1, 0.15) is 5.75 Å². The molecular formula is C14H10BrClN2O4. The van der Waals surface area contributed by atoms with Gasteiger partial charge in [0.05, 0.1) is 15.6 Å². The topological polar surface area (TPSA) is 81.5 Å². The number of nitrogens with zero attached hydrogens (tertiary/aromatic N) is 1. The number of hydrogen-bond donors (Lipinski definition) is 1. The van der Waals surface area contributed by atoms with Crippen LogP contribution in [-0.4, -0.2) is 17.4 Å². The maximum Gasteiger partial charge on any atom is 0.271 e. The number of nitro groups is 1. The standard InChI is InChI=1S/C14H10BrClN2O4/c15-10-3-1-2-4-12(10)17-14(19)8-22-13-6-5-9(18(20)21)7-11(13)16/h1-7H,8H2,(H,17,19). The van der Waals surface area contributed by atoms with Crippen molar-refractivity contribution in [3.63, 3.8) is 0 Å². The van der Waals surface area contributed by atoms with Crippen molar-refractivity contribution in [1.29, 1.82) is 0 Å². The van der Waals surface area contributed by atoms with Gasteiger partial charge < -0.3 is 10.1 Å². The molecular weight excluding hydrogens is 376 g/mol. The Morgan fingerprint density at radius 3 is 2.68 bits per heavy atom. The number of nitro benzene ring substituents is 1. The van der Waals surface area contributed by atoms with E-state index in [4.69, 9.17) is 16.3 Å². The fourth-order valence-electron chi connectivity index (χ4n) is 1.61. The van der Waals surface area contributed by atoms with Crippen molar-refractivity contribution < 1.29 is 14.5 Å². The number of ether oxygens (including phenoxy) is 1. The molecule has 6 nitrogen and oxygen atoms in total. The highest BCUT2D eigenvalue weighted by Gasteiger charge is 2.12. The summed E-state index contributed by atoms with van der Waals surface area (Å²) in [5.41, 5.74) is 0.473. The third kappa shape index (κ3) is 4.19. The Hall–Kier alpha value is -2.12. The van der Waals surface area contributed by atoms with Gasteiger partial charge in [-0.15, -0.1) is 0 Å². The van der Waals surface area contributed by atoms with Crippen molar-refractivity contribution in [1.82, 2.24) is 0 Å². The zero-order valence-electron chi connectivity index (χ0n) is 11.1. The van der Waals surface area contributed by atoms with E-state index < -0.39 is 4.92 Å². The number of carbonyl (C=O) groups is 1. The van der Waals surface area contributed by atoms with Gasteiger partial charge in [-0.1, -0.05) is 23.7 Å². The van der Waals surface area contributed by atoms with E-state index in [9.17, 15) is 14.9 Å². The number of hydrogen-bond acceptors (Lipinski definition) is 4. The lowest BCUT2D eigenvalue weighted by Gasteiger charge is -2.09. The Balaban J connectivity index is 1.97. The zero-order valence-corrected chi connectivity index (χ0v) is 13.4. The molecule has 0 heterocycles. The molecule has 114 valence electrons. The van der Waals surface area contributed by atoms with Gasteiger partial charge in [-0.3, -0.25) is 14.9 Å². The quantitative estimate of drug-likeness (QED) is 0.622. The fourth-order valence-corrected chi connectivity index (χ4v) is 2.23. The largest absolute Gasteiger partial charge is 0.482 e. The molecule has 1 amide bonds. The summed E-state index contributed by atoms with van der Waals surface area (Å²) in [6.07, 6.45) is 0. The lowest BCUT2D eigenvalue weighted by Crippen LogP contribution is -2.20. The minimum absolute atomic E-state index is 0.0721. The summed E-state index contributed by atoms with van der Waals surface area (Å²) in [5.74, 6) is -0.170. The number of nitrogens with one attached hydrogen (secondary N) is 1. The van der Waals surface area contributed by atoms with Crippen molar-refractivity contribution in [2.24, 2.45) is 0 Å². The highest BCUT2D eigenvalue weighted by molar-refractivity contribution is 9.10. The van der Waals surface area contributed by atoms with Crippen LogP contribution in [0.25, 0.3) is 0 Å². The van der Waals surface area contributed by atoms with Crippen molar-refractivity contribution in [2.75, 3.05) is 11.9 Å². The van der Waals surface area contributed by atoms with Gasteiger partial charge >= 0.3 is 0 Å². The Morgan fingerprint density at radius 2 is 2.05 bits per heavy atom. The first kappa shape index (κ1) is 16.3. The van der Waals surface area contributed by atoms with Crippen molar-refractivity contribution in [3.05, 3.63) is 62.1 Å². The van der Waals surface area contributed by atoms with Gasteiger partial charge in [0.2, 0.25) is 0 Å². The van der Waals surface area contributed by atoms with Crippen LogP contribution in [0.3, 0.4) is 0 Å². The first-order valence-corrected chi connectivity index (χ1v) is 7.25. The Bertz CT molecular complexity index is 724. The van der Waals surface area contributed by atoms with Gasteiger partial charge in [-0.05, 0) is 34.1 Å². The molecule has 0 spiro atoms. The SMILES string of the molecule is O=C(COc1ccc([N+](=O)[O-])cc1Cl)Nc1ccccc1Br. The van der Waals surface area contributed by atoms with Crippen LogP contribution in [0.4, 0.5) is 11.4 Å². The number of halogens is 2. The molecule has 0 fully saturated rings. The smallest absolute Gasteiger partial charge is 0.271 e. The molecule has 0 aromatic heterocycles. The summed E-state index contributed by atoms with van der Waals surface area (Å²) < 4.78 is 6.01. The molecule has 0 aliphatic rings. The summed E-state index contributed by atoms with van der Waals surface area (Å²) in [7, 11) is 0. The number of rotatable bonds is 5. The summed E-state index contributed by atoms with van der Waals surface area (Å²) >= 11 is 9.19. The molecule has 2 rings (SSSR count). The molecule has 0 saturated carbocycles. The monoisotopic (exact) mass is 384 g/mol. The second kappa shape index (κ2) is 7.24. The number of benzene rings is 2. The van der Waals surface area contributed by atoms with E-state index in [0.29, 0.717) is 5.69 Å². The lowest BCUT2D eigenvalue weighted by molar-refractivity contribution is -0.384. The molecule has 1 N–H and O–H groups in total. The van der Waals surface area contributed by atoms with Crippen molar-refractivity contribution in [2.45, 2.75) is 0 Å². The number of para-hydroxylation sites is 1. The molecule has 0 saturated heterocycles. The first-order valence-electron chi connectivity index (χ1n) is 6.08. The average Bonchev–Trinajstić information content (AvgIpc) is 2.48. The van der Waals surface area contributed by atoms with E-state index in [1.54, 1.807) is 18.2 Å². The molecule has 0 bridgehead atoms. The number of non-ortho nitro benzene ring substituents is 1. The van der Waals surface area contributed by atoms with Gasteiger partial charge in [-0.2, -0.15) is 0 Å². The van der Waals surface area contributed by atoms with Crippen LogP contribution in [0.1, 0.15) is 0 Å². The summed E-state index contributed by atoms with van der Waals surface area (Å²) in [6, 6.07) is 10.9. The average molecular weight is 386 g/mol. The number of anilines is 1. The second-order valence-electron chi connectivity index (χ2n) is 4.19. The first-order chi connectivity index (χ1) is 10.5. The van der Waals surface area contributed by atoms with E-state index >= 15 is 0 Å². The highest BCUT2D eigenvalue weighted by atomic mass is 79.9. The minimum atomic E-state index is -0.560. The van der Waals surface area contributed by atoms with Gasteiger partial charge in [0.25, 0.3) is 11.6 Å². The van der Waals surface area contributed by atoms with Crippen LogP contribution < -0.4 is 10.1 Å². The van der Waals surface area contributed by atoms with Crippen LogP contribution in [-0.2, 0) is 4.79 Å². The third-order valence-corrected chi connectivity index (χ3v) is 3.62. The Labute approximate surface area is 139 Å². The van der Waals surface area contributed by atoms with Crippen LogP contribution in [0, 0.1) is 10.1 Å². The Kier molecular flexibility index (Phi) is 5.35. The minimum Gasteiger partial charge on any atom is -0.482 e. The van der Waals surface area contributed by atoms with E-state index in [1.807, 2.05) is 6.07 Å². The lowest BCUT2D eigenvalue weighted by atomic mass is 10.3. The van der Waals surface area contributed by atoms with Gasteiger partial charge in [0.15, 0.2) is 6.61 Å². The molecule has 0 radical (unpaired) electrons. The predicted octanol–water partition coefficient (Wildman–Crippen LogP) is 4.03. The molecule has 0 aliphatic carbocycles. The van der Waals surface area contributed by atoms with Crippen LogP contribution in [0.2, 0.25) is 5.02 Å². The number of carbonyl (C=O) groups excluding carboxylic acids is 1. The van der Waals surface area contributed by atoms with Crippen LogP contribution in [0.15, 0.2) is 46.9 Å². The van der Waals surface area contributed by atoms with Gasteiger partial charge in [0, 0.05) is 16.6 Å². The maximum absolute atomic E-state index is 11.8. The maximum atomic E-state index is 11.8. The summed E-state index contributed by atoms with van der Waals surface area (Å²) in [5, 5.41) is 13.3. The molecule has 0 unspecified atom stereocenters. The summed E-state index contributed by atoms with van der Waals surface area (Å²) in [4.78, 5) is 21.9. The van der Waals surface area contributed by atoms with E-state index in [2.05, 4.69) is 21.2 Å².